The monoisotopic (exact) mass is 284 g/mol. The van der Waals surface area contributed by atoms with Crippen LogP contribution in [0.2, 0.25) is 0 Å². The van der Waals surface area contributed by atoms with Crippen LogP contribution in [0.5, 0.6) is 5.75 Å². The third-order valence-corrected chi connectivity index (χ3v) is 2.95. The zero-order valence-corrected chi connectivity index (χ0v) is 11.9. The van der Waals surface area contributed by atoms with Crippen LogP contribution in [0.4, 0.5) is 0 Å². The second-order valence-electron chi connectivity index (χ2n) is 4.25. The van der Waals surface area contributed by atoms with E-state index in [1.165, 1.54) is 12.8 Å². The Morgan fingerprint density at radius 3 is 2.37 bits per heavy atom. The van der Waals surface area contributed by atoms with E-state index in [0.29, 0.717) is 18.8 Å². The molecule has 0 aliphatic rings. The van der Waals surface area contributed by atoms with Gasteiger partial charge in [0.25, 0.3) is 0 Å². The van der Waals surface area contributed by atoms with Gasteiger partial charge in [0.1, 0.15) is 18.6 Å². The molecule has 4 heteroatoms. The minimum Gasteiger partial charge on any atom is -0.491 e. The van der Waals surface area contributed by atoms with Gasteiger partial charge in [-0.15, -0.1) is 11.6 Å². The highest BCUT2D eigenvalue weighted by Crippen LogP contribution is 2.10. The van der Waals surface area contributed by atoms with Gasteiger partial charge in [-0.1, -0.05) is 12.8 Å². The maximum atomic E-state index is 10.5. The van der Waals surface area contributed by atoms with Gasteiger partial charge in [0.05, 0.1) is 6.61 Å². The Bertz CT molecular complexity index is 338. The van der Waals surface area contributed by atoms with Crippen molar-refractivity contribution in [3.05, 3.63) is 29.8 Å². The van der Waals surface area contributed by atoms with Gasteiger partial charge < -0.3 is 9.47 Å². The van der Waals surface area contributed by atoms with Gasteiger partial charge in [-0.05, 0) is 37.1 Å². The fourth-order valence-electron chi connectivity index (χ4n) is 1.62. The van der Waals surface area contributed by atoms with E-state index in [-0.39, 0.29) is 0 Å². The Morgan fingerprint density at radius 1 is 0.947 bits per heavy atom. The van der Waals surface area contributed by atoms with Crippen molar-refractivity contribution in [1.82, 2.24) is 0 Å². The van der Waals surface area contributed by atoms with Gasteiger partial charge >= 0.3 is 0 Å². The molecule has 0 N–H and O–H groups in total. The fraction of sp³-hybridized carbons (Fsp3) is 0.533. The van der Waals surface area contributed by atoms with Gasteiger partial charge in [-0.3, -0.25) is 4.79 Å². The minimum absolute atomic E-state index is 0.530. The highest BCUT2D eigenvalue weighted by molar-refractivity contribution is 6.17. The van der Waals surface area contributed by atoms with E-state index >= 15 is 0 Å². The summed E-state index contributed by atoms with van der Waals surface area (Å²) >= 11 is 5.59. The highest BCUT2D eigenvalue weighted by atomic mass is 35.5. The summed E-state index contributed by atoms with van der Waals surface area (Å²) in [7, 11) is 0. The van der Waals surface area contributed by atoms with Gasteiger partial charge in [-0.25, -0.2) is 0 Å². The molecular formula is C15H21ClO3. The summed E-state index contributed by atoms with van der Waals surface area (Å²) in [5.74, 6) is 1.51. The predicted octanol–water partition coefficient (Wildman–Crippen LogP) is 3.69. The molecule has 0 atom stereocenters. The minimum atomic E-state index is 0.530. The number of carbonyl (C=O) groups is 1. The van der Waals surface area contributed by atoms with Crippen molar-refractivity contribution < 1.29 is 14.3 Å². The van der Waals surface area contributed by atoms with Crippen LogP contribution in [0, 0.1) is 0 Å². The average molecular weight is 285 g/mol. The quantitative estimate of drug-likeness (QED) is 0.353. The maximum Gasteiger partial charge on any atom is 0.150 e. The number of carbonyl (C=O) groups excluding carboxylic acids is 1. The first-order chi connectivity index (χ1) is 9.36. The van der Waals surface area contributed by atoms with Crippen molar-refractivity contribution in [2.75, 3.05) is 25.7 Å². The molecule has 0 saturated heterocycles. The molecule has 0 amide bonds. The summed E-state index contributed by atoms with van der Waals surface area (Å²) < 4.78 is 11.0. The molecule has 0 aromatic heterocycles. The molecular weight excluding hydrogens is 264 g/mol. The van der Waals surface area contributed by atoms with Gasteiger partial charge in [0, 0.05) is 18.1 Å². The van der Waals surface area contributed by atoms with Crippen molar-refractivity contribution >= 4 is 17.9 Å². The van der Waals surface area contributed by atoms with Gasteiger partial charge in [0.2, 0.25) is 0 Å². The van der Waals surface area contributed by atoms with Crippen molar-refractivity contribution in [2.24, 2.45) is 0 Å². The average Bonchev–Trinajstić information content (AvgIpc) is 2.46. The second kappa shape index (κ2) is 10.8. The second-order valence-corrected chi connectivity index (χ2v) is 4.63. The van der Waals surface area contributed by atoms with E-state index in [1.807, 2.05) is 0 Å². The SMILES string of the molecule is O=Cc1ccc(OCCOCCCCCCCl)cc1. The van der Waals surface area contributed by atoms with Crippen LogP contribution >= 0.6 is 11.6 Å². The Morgan fingerprint density at radius 2 is 1.68 bits per heavy atom. The molecule has 1 rings (SSSR count). The molecule has 3 nitrogen and oxygen atoms in total. The molecule has 0 bridgehead atoms. The fourth-order valence-corrected chi connectivity index (χ4v) is 1.80. The summed E-state index contributed by atoms with van der Waals surface area (Å²) in [6.07, 6.45) is 5.32. The number of halogens is 1. The lowest BCUT2D eigenvalue weighted by Crippen LogP contribution is -2.07. The number of benzene rings is 1. The largest absolute Gasteiger partial charge is 0.491 e. The number of hydrogen-bond acceptors (Lipinski definition) is 3. The molecule has 1 aromatic rings. The first kappa shape index (κ1) is 16.0. The molecule has 1 aromatic carbocycles. The molecule has 0 saturated carbocycles. The third kappa shape index (κ3) is 7.85. The summed E-state index contributed by atoms with van der Waals surface area (Å²) in [4.78, 5) is 10.5. The smallest absolute Gasteiger partial charge is 0.150 e. The van der Waals surface area contributed by atoms with Crippen molar-refractivity contribution in [1.29, 1.82) is 0 Å². The molecule has 0 spiro atoms. The Hall–Kier alpha value is -1.06. The lowest BCUT2D eigenvalue weighted by molar-refractivity contribution is 0.0971. The van der Waals surface area contributed by atoms with Crippen molar-refractivity contribution in [2.45, 2.75) is 25.7 Å². The van der Waals surface area contributed by atoms with Crippen molar-refractivity contribution in [3.63, 3.8) is 0 Å². The van der Waals surface area contributed by atoms with Gasteiger partial charge in [-0.2, -0.15) is 0 Å². The lowest BCUT2D eigenvalue weighted by atomic mass is 10.2. The maximum absolute atomic E-state index is 10.5. The van der Waals surface area contributed by atoms with E-state index in [9.17, 15) is 4.79 Å². The first-order valence-corrected chi connectivity index (χ1v) is 7.22. The topological polar surface area (TPSA) is 35.5 Å². The molecule has 106 valence electrons. The standard InChI is InChI=1S/C15H21ClO3/c16-9-3-1-2-4-10-18-11-12-19-15-7-5-14(13-17)6-8-15/h5-8,13H,1-4,9-12H2. The molecule has 0 unspecified atom stereocenters. The molecule has 19 heavy (non-hydrogen) atoms. The van der Waals surface area contributed by atoms with Crippen LogP contribution in [0.3, 0.4) is 0 Å². The van der Waals surface area contributed by atoms with E-state index in [1.54, 1.807) is 24.3 Å². The Labute approximate surface area is 119 Å². The third-order valence-electron chi connectivity index (χ3n) is 2.68. The normalized spacial score (nSPS) is 10.4. The Kier molecular flexibility index (Phi) is 9.11. The predicted molar refractivity (Wildman–Crippen MR) is 77.3 cm³/mol. The number of ether oxygens (including phenoxy) is 2. The van der Waals surface area contributed by atoms with E-state index in [0.717, 1.165) is 37.4 Å². The summed E-state index contributed by atoms with van der Waals surface area (Å²) in [6.45, 7) is 1.89. The summed E-state index contributed by atoms with van der Waals surface area (Å²) in [5, 5.41) is 0. The number of aldehydes is 1. The molecule has 0 aliphatic carbocycles. The van der Waals surface area contributed by atoms with Gasteiger partial charge in [0.15, 0.2) is 0 Å². The van der Waals surface area contributed by atoms with Crippen LogP contribution in [0.15, 0.2) is 24.3 Å². The highest BCUT2D eigenvalue weighted by Gasteiger charge is 1.95. The van der Waals surface area contributed by atoms with Crippen LogP contribution in [0.25, 0.3) is 0 Å². The molecule has 0 heterocycles. The lowest BCUT2D eigenvalue weighted by Gasteiger charge is -2.07. The van der Waals surface area contributed by atoms with E-state index < -0.39 is 0 Å². The van der Waals surface area contributed by atoms with Crippen LogP contribution in [-0.4, -0.2) is 32.0 Å². The molecule has 0 aliphatic heterocycles. The van der Waals surface area contributed by atoms with Crippen LogP contribution < -0.4 is 4.74 Å². The van der Waals surface area contributed by atoms with Crippen LogP contribution in [-0.2, 0) is 4.74 Å². The van der Waals surface area contributed by atoms with E-state index in [2.05, 4.69) is 0 Å². The summed E-state index contributed by atoms with van der Waals surface area (Å²) in [5.41, 5.74) is 0.653. The number of unbranched alkanes of at least 4 members (excludes halogenated alkanes) is 3. The zero-order chi connectivity index (χ0) is 13.8. The van der Waals surface area contributed by atoms with E-state index in [4.69, 9.17) is 21.1 Å². The van der Waals surface area contributed by atoms with Crippen molar-refractivity contribution in [3.8, 4) is 5.75 Å². The number of hydrogen-bond donors (Lipinski definition) is 0. The first-order valence-electron chi connectivity index (χ1n) is 6.68. The number of alkyl halides is 1. The molecule has 0 fully saturated rings. The number of rotatable bonds is 11. The van der Waals surface area contributed by atoms with Crippen LogP contribution in [0.1, 0.15) is 36.0 Å². The zero-order valence-electron chi connectivity index (χ0n) is 11.1. The summed E-state index contributed by atoms with van der Waals surface area (Å²) in [6, 6.07) is 7.05. The molecule has 0 radical (unpaired) electrons. The Balaban J connectivity index is 1.96.